The first-order valence-corrected chi connectivity index (χ1v) is 9.39. The summed E-state index contributed by atoms with van der Waals surface area (Å²) in [4.78, 5) is 20.3. The molecule has 0 unspecified atom stereocenters. The van der Waals surface area contributed by atoms with Crippen LogP contribution in [0.4, 0.5) is 0 Å². The molecule has 0 aliphatic carbocycles. The second kappa shape index (κ2) is 7.19. The molecule has 26 heavy (non-hydrogen) atoms. The van der Waals surface area contributed by atoms with Crippen molar-refractivity contribution in [1.29, 1.82) is 0 Å². The number of rotatable bonds is 5. The van der Waals surface area contributed by atoms with Crippen molar-refractivity contribution in [3.05, 3.63) is 65.6 Å². The molecule has 1 N–H and O–H groups in total. The second-order valence-corrected chi connectivity index (χ2v) is 7.64. The Balaban J connectivity index is 1.85. The van der Waals surface area contributed by atoms with E-state index in [0.717, 1.165) is 5.56 Å². The van der Waals surface area contributed by atoms with Crippen molar-refractivity contribution in [2.75, 3.05) is 0 Å². The molecule has 1 aliphatic heterocycles. The number of nitrogens with zero attached hydrogens (tertiary/aromatic N) is 2. The first kappa shape index (κ1) is 18.0. The molecule has 0 atom stereocenters. The van der Waals surface area contributed by atoms with Gasteiger partial charge in [-0.25, -0.2) is 22.9 Å². The van der Waals surface area contributed by atoms with Crippen LogP contribution in [0.25, 0.3) is 6.08 Å². The lowest BCUT2D eigenvalue weighted by molar-refractivity contribution is -0.129. The maximum absolute atomic E-state index is 12.1. The van der Waals surface area contributed by atoms with E-state index < -0.39 is 16.0 Å². The number of hydrogen-bond donors (Lipinski definition) is 1. The lowest BCUT2D eigenvalue weighted by atomic mass is 10.2. The average Bonchev–Trinajstić information content (AvgIpc) is 2.95. The molecule has 0 radical (unpaired) electrons. The zero-order chi connectivity index (χ0) is 18.7. The van der Waals surface area contributed by atoms with Crippen LogP contribution >= 0.6 is 0 Å². The highest BCUT2D eigenvalue weighted by molar-refractivity contribution is 7.89. The van der Waals surface area contributed by atoms with Crippen LogP contribution in [-0.4, -0.2) is 31.3 Å². The molecule has 1 aliphatic rings. The molecule has 8 heteroatoms. The van der Waals surface area contributed by atoms with Gasteiger partial charge in [-0.2, -0.15) is 0 Å². The molecule has 2 aromatic rings. The molecule has 2 heterocycles. The van der Waals surface area contributed by atoms with Gasteiger partial charge in [0.2, 0.25) is 15.9 Å². The Hall–Kier alpha value is -2.84. The van der Waals surface area contributed by atoms with Gasteiger partial charge in [-0.3, -0.25) is 4.98 Å². The number of aliphatic imine (C=N–C) groups is 1. The number of benzene rings is 1. The highest BCUT2D eigenvalue weighted by Crippen LogP contribution is 2.20. The van der Waals surface area contributed by atoms with Gasteiger partial charge >= 0.3 is 5.97 Å². The fourth-order valence-corrected chi connectivity index (χ4v) is 3.56. The van der Waals surface area contributed by atoms with Crippen molar-refractivity contribution in [2.45, 2.75) is 24.8 Å². The number of pyridine rings is 1. The molecule has 1 aromatic carbocycles. The summed E-state index contributed by atoms with van der Waals surface area (Å²) < 4.78 is 32.0. The lowest BCUT2D eigenvalue weighted by Crippen LogP contribution is -2.30. The molecule has 0 saturated carbocycles. The summed E-state index contributed by atoms with van der Waals surface area (Å²) >= 11 is 0. The summed E-state index contributed by atoms with van der Waals surface area (Å²) in [6.07, 6.45) is 4.82. The van der Waals surface area contributed by atoms with E-state index in [9.17, 15) is 13.2 Å². The minimum Gasteiger partial charge on any atom is -0.402 e. The SMILES string of the molecule is CC(C)NS(=O)(=O)c1ccc(C2=N/C(=C\c3cccnc3)C(=O)O2)cc1. The summed E-state index contributed by atoms with van der Waals surface area (Å²) in [5.41, 5.74) is 1.40. The van der Waals surface area contributed by atoms with Gasteiger partial charge in [0.1, 0.15) is 0 Å². The van der Waals surface area contributed by atoms with Crippen molar-refractivity contribution in [3.8, 4) is 0 Å². The van der Waals surface area contributed by atoms with Crippen LogP contribution in [0, 0.1) is 0 Å². The van der Waals surface area contributed by atoms with Gasteiger partial charge < -0.3 is 4.74 Å². The summed E-state index contributed by atoms with van der Waals surface area (Å²) in [7, 11) is -3.58. The number of aromatic nitrogens is 1. The van der Waals surface area contributed by atoms with Crippen LogP contribution in [0.15, 0.2) is 64.4 Å². The zero-order valence-electron chi connectivity index (χ0n) is 14.2. The van der Waals surface area contributed by atoms with Crippen LogP contribution in [0.1, 0.15) is 25.0 Å². The molecule has 1 aromatic heterocycles. The number of hydrogen-bond acceptors (Lipinski definition) is 6. The third kappa shape index (κ3) is 4.04. The highest BCUT2D eigenvalue weighted by Gasteiger charge is 2.24. The molecular weight excluding hydrogens is 354 g/mol. The molecule has 0 bridgehead atoms. The van der Waals surface area contributed by atoms with E-state index in [1.165, 1.54) is 12.1 Å². The van der Waals surface area contributed by atoms with Crippen molar-refractivity contribution in [2.24, 2.45) is 4.99 Å². The van der Waals surface area contributed by atoms with E-state index in [1.807, 2.05) is 0 Å². The maximum Gasteiger partial charge on any atom is 0.363 e. The normalized spacial score (nSPS) is 16.0. The predicted molar refractivity (Wildman–Crippen MR) is 96.7 cm³/mol. The second-order valence-electron chi connectivity index (χ2n) is 5.92. The molecule has 134 valence electrons. The number of cyclic esters (lactones) is 1. The minimum atomic E-state index is -3.58. The van der Waals surface area contributed by atoms with Crippen LogP contribution in [0.2, 0.25) is 0 Å². The van der Waals surface area contributed by atoms with Crippen LogP contribution in [-0.2, 0) is 19.6 Å². The van der Waals surface area contributed by atoms with Gasteiger partial charge in [0, 0.05) is 24.0 Å². The van der Waals surface area contributed by atoms with E-state index in [4.69, 9.17) is 4.74 Å². The lowest BCUT2D eigenvalue weighted by Gasteiger charge is -2.09. The van der Waals surface area contributed by atoms with Crippen LogP contribution < -0.4 is 4.72 Å². The fourth-order valence-electron chi connectivity index (χ4n) is 2.31. The Labute approximate surface area is 151 Å². The number of carbonyl (C=O) groups excluding carboxylic acids is 1. The van der Waals surface area contributed by atoms with Crippen molar-refractivity contribution >= 4 is 28.0 Å². The molecule has 0 amide bonds. The number of esters is 1. The molecule has 0 fully saturated rings. The topological polar surface area (TPSA) is 97.7 Å². The molecule has 7 nitrogen and oxygen atoms in total. The van der Waals surface area contributed by atoms with Gasteiger partial charge in [-0.05, 0) is 55.8 Å². The smallest absolute Gasteiger partial charge is 0.363 e. The van der Waals surface area contributed by atoms with E-state index in [2.05, 4.69) is 14.7 Å². The summed E-state index contributed by atoms with van der Waals surface area (Å²) in [6, 6.07) is 9.32. The van der Waals surface area contributed by atoms with E-state index in [0.29, 0.717) is 5.56 Å². The van der Waals surface area contributed by atoms with Gasteiger partial charge in [0.25, 0.3) is 0 Å². The third-order valence-corrected chi connectivity index (χ3v) is 5.09. The van der Waals surface area contributed by atoms with Gasteiger partial charge in [-0.1, -0.05) is 6.07 Å². The monoisotopic (exact) mass is 371 g/mol. The first-order chi connectivity index (χ1) is 12.3. The first-order valence-electron chi connectivity index (χ1n) is 7.90. The Morgan fingerprint density at radius 1 is 1.15 bits per heavy atom. The molecule has 0 spiro atoms. The Morgan fingerprint density at radius 2 is 1.88 bits per heavy atom. The quantitative estimate of drug-likeness (QED) is 0.641. The average molecular weight is 371 g/mol. The zero-order valence-corrected chi connectivity index (χ0v) is 15.0. The number of sulfonamides is 1. The fraction of sp³-hybridized carbons (Fsp3) is 0.167. The van der Waals surface area contributed by atoms with E-state index in [1.54, 1.807) is 56.6 Å². The predicted octanol–water partition coefficient (Wildman–Crippen LogP) is 2.11. The van der Waals surface area contributed by atoms with Gasteiger partial charge in [-0.15, -0.1) is 0 Å². The third-order valence-electron chi connectivity index (χ3n) is 3.41. The summed E-state index contributed by atoms with van der Waals surface area (Å²) in [5, 5.41) is 0. The number of nitrogens with one attached hydrogen (secondary N) is 1. The standard InChI is InChI=1S/C18H17N3O4S/c1-12(2)21-26(23,24)15-7-5-14(6-8-15)17-20-16(18(22)25-17)10-13-4-3-9-19-11-13/h3-12,21H,1-2H3/b16-10-. The van der Waals surface area contributed by atoms with Crippen LogP contribution in [0.3, 0.4) is 0 Å². The Bertz CT molecular complexity index is 979. The summed E-state index contributed by atoms with van der Waals surface area (Å²) in [5.74, 6) is -0.437. The molecule has 0 saturated heterocycles. The van der Waals surface area contributed by atoms with E-state index >= 15 is 0 Å². The van der Waals surface area contributed by atoms with Crippen LogP contribution in [0.5, 0.6) is 0 Å². The summed E-state index contributed by atoms with van der Waals surface area (Å²) in [6.45, 7) is 3.49. The molecular formula is C18H17N3O4S. The van der Waals surface area contributed by atoms with Gasteiger partial charge in [0.15, 0.2) is 5.70 Å². The number of ether oxygens (including phenoxy) is 1. The van der Waals surface area contributed by atoms with E-state index in [-0.39, 0.29) is 22.5 Å². The maximum atomic E-state index is 12.1. The molecule has 3 rings (SSSR count). The van der Waals surface area contributed by atoms with Crippen molar-refractivity contribution in [3.63, 3.8) is 0 Å². The van der Waals surface area contributed by atoms with Crippen molar-refractivity contribution < 1.29 is 17.9 Å². The minimum absolute atomic E-state index is 0.130. The number of carbonyl (C=O) groups is 1. The van der Waals surface area contributed by atoms with Gasteiger partial charge in [0.05, 0.1) is 4.90 Å². The Morgan fingerprint density at radius 3 is 2.50 bits per heavy atom. The Kier molecular flexibility index (Phi) is 4.97. The largest absolute Gasteiger partial charge is 0.402 e. The van der Waals surface area contributed by atoms with Crippen molar-refractivity contribution in [1.82, 2.24) is 9.71 Å². The highest BCUT2D eigenvalue weighted by atomic mass is 32.2.